The van der Waals surface area contributed by atoms with E-state index in [9.17, 15) is 9.59 Å². The van der Waals surface area contributed by atoms with Crippen molar-refractivity contribution in [2.75, 3.05) is 5.32 Å². The van der Waals surface area contributed by atoms with E-state index in [1.165, 1.54) is 0 Å². The summed E-state index contributed by atoms with van der Waals surface area (Å²) >= 11 is 9.99. The molecule has 2 N–H and O–H groups in total. The van der Waals surface area contributed by atoms with Crippen LogP contribution in [0.15, 0.2) is 30.7 Å². The maximum absolute atomic E-state index is 12.0. The number of nitrogens with one attached hydrogen (secondary N) is 1. The summed E-state index contributed by atoms with van der Waals surface area (Å²) in [5, 5.41) is 14.8. The molecule has 0 radical (unpaired) electrons. The molecule has 1 atom stereocenters. The second-order valence-corrected chi connectivity index (χ2v) is 6.50. The quantitative estimate of drug-likeness (QED) is 0.710. The minimum absolute atomic E-state index is 0.0626. The van der Waals surface area contributed by atoms with Crippen molar-refractivity contribution in [2.24, 2.45) is 5.16 Å². The lowest BCUT2D eigenvalue weighted by atomic mass is 10.1. The maximum atomic E-state index is 12.0. The Labute approximate surface area is 138 Å². The molecule has 9 heteroatoms. The Hall–Kier alpha value is -0.930. The molecule has 6 nitrogen and oxygen atoms in total. The number of anilines is 1. The van der Waals surface area contributed by atoms with Crippen LogP contribution in [-0.2, 0) is 14.4 Å². The Balaban J connectivity index is 2.09. The second kappa shape index (κ2) is 6.23. The van der Waals surface area contributed by atoms with E-state index in [-0.39, 0.29) is 12.1 Å². The standard InChI is InChI=1S/C11H7Br3N2O4/c12-4-1-5(13)9(6(14)2-4)15-10(17)8-3-7(11(18)19)16-20-8/h1-2,8H,3H2,(H,15,17)(H,18,19). The summed E-state index contributed by atoms with van der Waals surface area (Å²) in [7, 11) is 0. The number of halogens is 3. The second-order valence-electron chi connectivity index (χ2n) is 3.87. The van der Waals surface area contributed by atoms with E-state index < -0.39 is 18.0 Å². The minimum atomic E-state index is -1.19. The Bertz CT molecular complexity index is 595. The van der Waals surface area contributed by atoms with E-state index in [1.807, 2.05) is 0 Å². The molecule has 1 unspecified atom stereocenters. The Morgan fingerprint density at radius 2 is 1.90 bits per heavy atom. The Morgan fingerprint density at radius 1 is 1.30 bits per heavy atom. The Kier molecular flexibility index (Phi) is 4.82. The third-order valence-corrected chi connectivity index (χ3v) is 4.17. The number of nitrogens with zero attached hydrogens (tertiary/aromatic N) is 1. The summed E-state index contributed by atoms with van der Waals surface area (Å²) in [4.78, 5) is 27.5. The van der Waals surface area contributed by atoms with Crippen LogP contribution in [0, 0.1) is 0 Å². The average Bonchev–Trinajstić information content (AvgIpc) is 2.83. The fourth-order valence-electron chi connectivity index (χ4n) is 1.51. The highest BCUT2D eigenvalue weighted by atomic mass is 79.9. The molecular weight excluding hydrogens is 464 g/mol. The number of carboxylic acid groups (broad SMARTS) is 1. The van der Waals surface area contributed by atoms with Crippen LogP contribution in [0.1, 0.15) is 6.42 Å². The highest BCUT2D eigenvalue weighted by molar-refractivity contribution is 9.11. The summed E-state index contributed by atoms with van der Waals surface area (Å²) in [5.41, 5.74) is 0.365. The van der Waals surface area contributed by atoms with Gasteiger partial charge in [0.1, 0.15) is 0 Å². The van der Waals surface area contributed by atoms with Gasteiger partial charge in [0.05, 0.1) is 5.69 Å². The maximum Gasteiger partial charge on any atom is 0.353 e. The largest absolute Gasteiger partial charge is 0.477 e. The van der Waals surface area contributed by atoms with E-state index in [0.717, 1.165) is 4.47 Å². The van der Waals surface area contributed by atoms with Gasteiger partial charge in [-0.05, 0) is 44.0 Å². The molecule has 1 aliphatic heterocycles. The zero-order valence-electron chi connectivity index (χ0n) is 9.69. The monoisotopic (exact) mass is 468 g/mol. The van der Waals surface area contributed by atoms with Gasteiger partial charge in [0.2, 0.25) is 6.10 Å². The lowest BCUT2D eigenvalue weighted by Crippen LogP contribution is -2.29. The van der Waals surface area contributed by atoms with Crippen LogP contribution in [-0.4, -0.2) is 28.8 Å². The van der Waals surface area contributed by atoms with E-state index in [1.54, 1.807) is 12.1 Å². The number of aliphatic carboxylic acids is 1. The van der Waals surface area contributed by atoms with E-state index in [0.29, 0.717) is 14.6 Å². The fourth-order valence-corrected chi connectivity index (χ4v) is 3.97. The molecule has 0 aliphatic carbocycles. The van der Waals surface area contributed by atoms with Crippen LogP contribution in [0.25, 0.3) is 0 Å². The van der Waals surface area contributed by atoms with Crippen molar-refractivity contribution in [3.63, 3.8) is 0 Å². The van der Waals surface area contributed by atoms with Gasteiger partial charge >= 0.3 is 5.97 Å². The molecule has 1 heterocycles. The molecule has 2 rings (SSSR count). The molecular formula is C11H7Br3N2O4. The van der Waals surface area contributed by atoms with Crippen molar-refractivity contribution in [1.29, 1.82) is 0 Å². The first-order chi connectivity index (χ1) is 9.38. The summed E-state index contributed by atoms with van der Waals surface area (Å²) in [6.45, 7) is 0. The predicted molar refractivity (Wildman–Crippen MR) is 82.7 cm³/mol. The van der Waals surface area contributed by atoms with Crippen LogP contribution in [0.3, 0.4) is 0 Å². The molecule has 0 fully saturated rings. The van der Waals surface area contributed by atoms with Gasteiger partial charge < -0.3 is 15.3 Å². The van der Waals surface area contributed by atoms with Gasteiger partial charge in [0.25, 0.3) is 5.91 Å². The molecule has 0 saturated heterocycles. The van der Waals surface area contributed by atoms with Gasteiger partial charge in [-0.1, -0.05) is 21.1 Å². The third kappa shape index (κ3) is 3.39. The van der Waals surface area contributed by atoms with Crippen molar-refractivity contribution in [3.8, 4) is 0 Å². The number of hydrogen-bond acceptors (Lipinski definition) is 4. The highest BCUT2D eigenvalue weighted by Crippen LogP contribution is 2.34. The number of rotatable bonds is 3. The smallest absolute Gasteiger partial charge is 0.353 e. The van der Waals surface area contributed by atoms with Crippen LogP contribution < -0.4 is 5.32 Å². The van der Waals surface area contributed by atoms with Crippen LogP contribution in [0.4, 0.5) is 5.69 Å². The molecule has 1 aliphatic rings. The molecule has 1 aromatic rings. The average molecular weight is 471 g/mol. The highest BCUT2D eigenvalue weighted by Gasteiger charge is 2.32. The number of benzene rings is 1. The van der Waals surface area contributed by atoms with Crippen molar-refractivity contribution in [2.45, 2.75) is 12.5 Å². The van der Waals surface area contributed by atoms with Crippen molar-refractivity contribution in [3.05, 3.63) is 25.6 Å². The van der Waals surface area contributed by atoms with E-state index >= 15 is 0 Å². The zero-order chi connectivity index (χ0) is 14.9. The summed E-state index contributed by atoms with van der Waals surface area (Å²) in [5.74, 6) is -1.65. The first-order valence-electron chi connectivity index (χ1n) is 5.30. The molecule has 0 spiro atoms. The predicted octanol–water partition coefficient (Wildman–Crippen LogP) is 3.14. The molecule has 1 amide bonds. The lowest BCUT2D eigenvalue weighted by Gasteiger charge is -2.12. The SMILES string of the molecule is O=C(O)C1=NOC(C(=O)Nc2c(Br)cc(Br)cc2Br)C1. The van der Waals surface area contributed by atoms with Gasteiger partial charge in [-0.15, -0.1) is 0 Å². The van der Waals surface area contributed by atoms with Gasteiger partial charge in [-0.3, -0.25) is 4.79 Å². The van der Waals surface area contributed by atoms with Gasteiger partial charge in [0.15, 0.2) is 5.71 Å². The summed E-state index contributed by atoms with van der Waals surface area (Å²) in [6.07, 6.45) is -1.00. The number of amides is 1. The first kappa shape index (κ1) is 15.5. The third-order valence-electron chi connectivity index (χ3n) is 2.46. The number of carboxylic acids is 1. The molecule has 0 saturated carbocycles. The molecule has 0 aromatic heterocycles. The number of carbonyl (C=O) groups is 2. The zero-order valence-corrected chi connectivity index (χ0v) is 14.5. The minimum Gasteiger partial charge on any atom is -0.477 e. The molecule has 1 aromatic carbocycles. The number of carbonyl (C=O) groups excluding carboxylic acids is 1. The summed E-state index contributed by atoms with van der Waals surface area (Å²) < 4.78 is 2.18. The van der Waals surface area contributed by atoms with Crippen LogP contribution >= 0.6 is 47.8 Å². The van der Waals surface area contributed by atoms with Crippen molar-refractivity contribution >= 4 is 71.1 Å². The van der Waals surface area contributed by atoms with E-state index in [2.05, 4.69) is 58.3 Å². The van der Waals surface area contributed by atoms with Crippen molar-refractivity contribution < 1.29 is 19.5 Å². The van der Waals surface area contributed by atoms with Crippen molar-refractivity contribution in [1.82, 2.24) is 0 Å². The van der Waals surface area contributed by atoms with E-state index in [4.69, 9.17) is 9.94 Å². The summed E-state index contributed by atoms with van der Waals surface area (Å²) in [6, 6.07) is 3.55. The number of hydrogen-bond donors (Lipinski definition) is 2. The number of oxime groups is 1. The van der Waals surface area contributed by atoms with Gasteiger partial charge in [0, 0.05) is 19.8 Å². The molecule has 20 heavy (non-hydrogen) atoms. The van der Waals surface area contributed by atoms with Crippen LogP contribution in [0.2, 0.25) is 0 Å². The lowest BCUT2D eigenvalue weighted by molar-refractivity contribution is -0.129. The van der Waals surface area contributed by atoms with Crippen LogP contribution in [0.5, 0.6) is 0 Å². The normalized spacial score (nSPS) is 17.4. The molecule has 106 valence electrons. The molecule has 0 bridgehead atoms. The topological polar surface area (TPSA) is 88.0 Å². The Morgan fingerprint density at radius 3 is 2.40 bits per heavy atom. The van der Waals surface area contributed by atoms with Gasteiger partial charge in [-0.25, -0.2) is 4.79 Å². The van der Waals surface area contributed by atoms with Gasteiger partial charge in [-0.2, -0.15) is 0 Å². The fraction of sp³-hybridized carbons (Fsp3) is 0.182. The first-order valence-corrected chi connectivity index (χ1v) is 7.67.